The predicted octanol–water partition coefficient (Wildman–Crippen LogP) is 8.25. The Hall–Kier alpha value is -4.92. The normalized spacial score (nSPS) is 11.8. The standard InChI is InChI=1S/C36H31N3O3S2/c1-24-13-18-31(25(2)21-24)38-36(42)33(27-9-5-3-6-10-27)44-30-16-14-29(15-17-30)37-35(41)32(22-26-19-20-43-23-26)39-34(40)28-11-7-4-8-12-28/h3-23,33H,1-2H3,(H,37,41)(H,38,42)(H,39,40)/b32-22-. The van der Waals surface area contributed by atoms with Gasteiger partial charge in [-0.3, -0.25) is 14.4 Å². The summed E-state index contributed by atoms with van der Waals surface area (Å²) in [6.45, 7) is 4.00. The van der Waals surface area contributed by atoms with E-state index in [2.05, 4.69) is 16.0 Å². The van der Waals surface area contributed by atoms with Gasteiger partial charge in [0.05, 0.1) is 0 Å². The maximum Gasteiger partial charge on any atom is 0.272 e. The van der Waals surface area contributed by atoms with E-state index in [-0.39, 0.29) is 17.5 Å². The molecule has 0 saturated heterocycles. The Labute approximate surface area is 265 Å². The first-order valence-electron chi connectivity index (χ1n) is 14.0. The number of anilines is 2. The van der Waals surface area contributed by atoms with Gasteiger partial charge in [-0.2, -0.15) is 11.3 Å². The number of carbonyl (C=O) groups is 3. The fourth-order valence-electron chi connectivity index (χ4n) is 4.47. The third-order valence-electron chi connectivity index (χ3n) is 6.73. The van der Waals surface area contributed by atoms with Crippen molar-refractivity contribution in [3.05, 3.63) is 153 Å². The van der Waals surface area contributed by atoms with Gasteiger partial charge in [-0.25, -0.2) is 0 Å². The number of nitrogens with one attached hydrogen (secondary N) is 3. The number of rotatable bonds is 10. The highest BCUT2D eigenvalue weighted by molar-refractivity contribution is 8.00. The van der Waals surface area contributed by atoms with Crippen LogP contribution in [0.15, 0.2) is 131 Å². The molecule has 44 heavy (non-hydrogen) atoms. The average molecular weight is 618 g/mol. The highest BCUT2D eigenvalue weighted by Gasteiger charge is 2.23. The Morgan fingerprint density at radius 2 is 1.50 bits per heavy atom. The second-order valence-corrected chi connectivity index (χ2v) is 12.1. The molecule has 0 aliphatic heterocycles. The number of benzene rings is 4. The molecule has 1 heterocycles. The number of aryl methyl sites for hydroxylation is 2. The Bertz CT molecular complexity index is 1770. The summed E-state index contributed by atoms with van der Waals surface area (Å²) in [6.07, 6.45) is 1.65. The summed E-state index contributed by atoms with van der Waals surface area (Å²) in [7, 11) is 0. The minimum atomic E-state index is -0.495. The number of thioether (sulfide) groups is 1. The van der Waals surface area contributed by atoms with Crippen molar-refractivity contribution >= 4 is 58.3 Å². The molecule has 1 atom stereocenters. The molecule has 0 fully saturated rings. The quantitative estimate of drug-likeness (QED) is 0.109. The van der Waals surface area contributed by atoms with Gasteiger partial charge in [0.1, 0.15) is 10.9 Å². The summed E-state index contributed by atoms with van der Waals surface area (Å²) in [4.78, 5) is 40.6. The van der Waals surface area contributed by atoms with Crippen molar-refractivity contribution < 1.29 is 14.4 Å². The topological polar surface area (TPSA) is 87.3 Å². The second-order valence-electron chi connectivity index (χ2n) is 10.1. The first-order valence-corrected chi connectivity index (χ1v) is 15.8. The molecule has 3 amide bonds. The molecule has 4 aromatic carbocycles. The lowest BCUT2D eigenvalue weighted by molar-refractivity contribution is -0.116. The summed E-state index contributed by atoms with van der Waals surface area (Å²) in [5.41, 5.74) is 5.75. The van der Waals surface area contributed by atoms with Gasteiger partial charge in [-0.15, -0.1) is 11.8 Å². The van der Waals surface area contributed by atoms with Crippen LogP contribution in [0.25, 0.3) is 6.08 Å². The van der Waals surface area contributed by atoms with E-state index >= 15 is 0 Å². The summed E-state index contributed by atoms with van der Waals surface area (Å²) < 4.78 is 0. The van der Waals surface area contributed by atoms with Crippen molar-refractivity contribution in [3.8, 4) is 0 Å². The lowest BCUT2D eigenvalue weighted by Crippen LogP contribution is -2.30. The van der Waals surface area contributed by atoms with Crippen molar-refractivity contribution in [1.82, 2.24) is 5.32 Å². The number of amides is 3. The van der Waals surface area contributed by atoms with Gasteiger partial charge in [-0.05, 0) is 95.9 Å². The minimum absolute atomic E-state index is 0.122. The van der Waals surface area contributed by atoms with Gasteiger partial charge in [0.15, 0.2) is 0 Å². The van der Waals surface area contributed by atoms with E-state index in [1.165, 1.54) is 23.1 Å². The highest BCUT2D eigenvalue weighted by atomic mass is 32.2. The molecule has 6 nitrogen and oxygen atoms in total. The fraction of sp³-hybridized carbons (Fsp3) is 0.0833. The van der Waals surface area contributed by atoms with Gasteiger partial charge in [-0.1, -0.05) is 66.2 Å². The van der Waals surface area contributed by atoms with E-state index < -0.39 is 11.2 Å². The van der Waals surface area contributed by atoms with E-state index in [4.69, 9.17) is 0 Å². The number of carbonyl (C=O) groups excluding carboxylic acids is 3. The Morgan fingerprint density at radius 3 is 2.16 bits per heavy atom. The molecule has 0 aliphatic carbocycles. The molecule has 5 rings (SSSR count). The molecule has 8 heteroatoms. The molecule has 220 valence electrons. The number of hydrogen-bond acceptors (Lipinski definition) is 5. The number of thiophene rings is 1. The average Bonchev–Trinajstić information content (AvgIpc) is 3.55. The van der Waals surface area contributed by atoms with Crippen molar-refractivity contribution in [2.24, 2.45) is 0 Å². The van der Waals surface area contributed by atoms with Crippen molar-refractivity contribution in [2.75, 3.05) is 10.6 Å². The third kappa shape index (κ3) is 8.12. The molecule has 5 aromatic rings. The smallest absolute Gasteiger partial charge is 0.272 e. The van der Waals surface area contributed by atoms with E-state index in [1.54, 1.807) is 42.5 Å². The van der Waals surface area contributed by atoms with Crippen LogP contribution in [0.5, 0.6) is 0 Å². The molecule has 0 aliphatic rings. The van der Waals surface area contributed by atoms with Crippen molar-refractivity contribution in [2.45, 2.75) is 24.0 Å². The summed E-state index contributed by atoms with van der Waals surface area (Å²) in [6, 6.07) is 33.5. The van der Waals surface area contributed by atoms with Crippen LogP contribution < -0.4 is 16.0 Å². The van der Waals surface area contributed by atoms with Gasteiger partial charge in [0.2, 0.25) is 5.91 Å². The van der Waals surface area contributed by atoms with Crippen LogP contribution in [-0.2, 0) is 9.59 Å². The Kier molecular flexibility index (Phi) is 10.1. The molecular formula is C36H31N3O3S2. The second kappa shape index (κ2) is 14.5. The highest BCUT2D eigenvalue weighted by Crippen LogP contribution is 2.37. The van der Waals surface area contributed by atoms with E-state index in [1.807, 2.05) is 97.4 Å². The van der Waals surface area contributed by atoms with E-state index in [0.29, 0.717) is 11.3 Å². The SMILES string of the molecule is Cc1ccc(NC(=O)C(Sc2ccc(NC(=O)/C(=C/c3ccsc3)NC(=O)c3ccccc3)cc2)c2ccccc2)c(C)c1. The molecular weight excluding hydrogens is 587 g/mol. The minimum Gasteiger partial charge on any atom is -0.325 e. The van der Waals surface area contributed by atoms with Crippen LogP contribution in [0.1, 0.15) is 37.9 Å². The summed E-state index contributed by atoms with van der Waals surface area (Å²) in [5.74, 6) is -0.946. The lowest BCUT2D eigenvalue weighted by Gasteiger charge is -2.18. The molecule has 3 N–H and O–H groups in total. The van der Waals surface area contributed by atoms with Gasteiger partial charge in [0, 0.05) is 21.8 Å². The Morgan fingerprint density at radius 1 is 0.795 bits per heavy atom. The van der Waals surface area contributed by atoms with Crippen LogP contribution >= 0.6 is 23.1 Å². The predicted molar refractivity (Wildman–Crippen MR) is 181 cm³/mol. The monoisotopic (exact) mass is 617 g/mol. The van der Waals surface area contributed by atoms with Crippen molar-refractivity contribution in [3.63, 3.8) is 0 Å². The maximum absolute atomic E-state index is 13.5. The first-order chi connectivity index (χ1) is 21.4. The molecule has 0 saturated carbocycles. The van der Waals surface area contributed by atoms with E-state index in [0.717, 1.165) is 32.8 Å². The number of hydrogen-bond donors (Lipinski definition) is 3. The van der Waals surface area contributed by atoms with Crippen LogP contribution in [0.2, 0.25) is 0 Å². The zero-order chi connectivity index (χ0) is 30.9. The van der Waals surface area contributed by atoms with Crippen LogP contribution in [0.4, 0.5) is 11.4 Å². The van der Waals surface area contributed by atoms with E-state index in [9.17, 15) is 14.4 Å². The molecule has 0 spiro atoms. The molecule has 0 bridgehead atoms. The summed E-state index contributed by atoms with van der Waals surface area (Å²) in [5, 5.41) is 12.0. The fourth-order valence-corrected chi connectivity index (χ4v) is 6.11. The first kappa shape index (κ1) is 30.5. The maximum atomic E-state index is 13.5. The largest absolute Gasteiger partial charge is 0.325 e. The zero-order valence-electron chi connectivity index (χ0n) is 24.2. The molecule has 1 unspecified atom stereocenters. The molecule has 0 radical (unpaired) electrons. The third-order valence-corrected chi connectivity index (χ3v) is 8.70. The van der Waals surface area contributed by atoms with Crippen molar-refractivity contribution in [1.29, 1.82) is 0 Å². The Balaban J connectivity index is 1.31. The summed E-state index contributed by atoms with van der Waals surface area (Å²) >= 11 is 2.93. The van der Waals surface area contributed by atoms with Gasteiger partial charge in [0.25, 0.3) is 11.8 Å². The zero-order valence-corrected chi connectivity index (χ0v) is 25.9. The van der Waals surface area contributed by atoms with Crippen LogP contribution in [0.3, 0.4) is 0 Å². The lowest BCUT2D eigenvalue weighted by atomic mass is 10.1. The van der Waals surface area contributed by atoms with Crippen LogP contribution in [-0.4, -0.2) is 17.7 Å². The molecule has 1 aromatic heterocycles. The van der Waals surface area contributed by atoms with Crippen LogP contribution in [0, 0.1) is 13.8 Å². The van der Waals surface area contributed by atoms with Gasteiger partial charge < -0.3 is 16.0 Å². The van der Waals surface area contributed by atoms with Gasteiger partial charge >= 0.3 is 0 Å².